The molecule has 1 heterocycles. The molecular formula is C14H18N2O3S. The molecule has 5 nitrogen and oxygen atoms in total. The van der Waals surface area contributed by atoms with Gasteiger partial charge >= 0.3 is 0 Å². The van der Waals surface area contributed by atoms with Crippen LogP contribution in [0.15, 0.2) is 24.3 Å². The standard InChI is InChI=1S/C14H18N2O3S/c1-18-11-4-2-10(3-5-11)8-13(17)16-6-7-19-12(9-16)14(15)20/h2-5,12H,6-9H2,1H3,(H2,15,20). The number of methoxy groups -OCH3 is 1. The fourth-order valence-electron chi connectivity index (χ4n) is 2.08. The second-order valence-electron chi connectivity index (χ2n) is 4.63. The van der Waals surface area contributed by atoms with Gasteiger partial charge in [0.2, 0.25) is 5.91 Å². The second-order valence-corrected chi connectivity index (χ2v) is 5.10. The summed E-state index contributed by atoms with van der Waals surface area (Å²) in [7, 11) is 1.61. The Labute approximate surface area is 123 Å². The molecule has 1 atom stereocenters. The Balaban J connectivity index is 1.95. The summed E-state index contributed by atoms with van der Waals surface area (Å²) in [6.07, 6.45) is 0.0205. The maximum absolute atomic E-state index is 12.2. The lowest BCUT2D eigenvalue weighted by Crippen LogP contribution is -2.50. The molecule has 0 saturated carbocycles. The van der Waals surface area contributed by atoms with Crippen LogP contribution in [0.4, 0.5) is 0 Å². The zero-order valence-electron chi connectivity index (χ0n) is 11.4. The van der Waals surface area contributed by atoms with E-state index >= 15 is 0 Å². The van der Waals surface area contributed by atoms with Crippen molar-refractivity contribution in [3.63, 3.8) is 0 Å². The average Bonchev–Trinajstić information content (AvgIpc) is 2.48. The number of morpholine rings is 1. The molecular weight excluding hydrogens is 276 g/mol. The molecule has 1 aliphatic heterocycles. The molecule has 1 unspecified atom stereocenters. The Bertz CT molecular complexity index is 490. The number of hydrogen-bond donors (Lipinski definition) is 1. The molecule has 20 heavy (non-hydrogen) atoms. The number of nitrogens with two attached hydrogens (primary N) is 1. The van der Waals surface area contributed by atoms with Crippen LogP contribution in [0.25, 0.3) is 0 Å². The van der Waals surface area contributed by atoms with Crippen molar-refractivity contribution in [3.8, 4) is 5.75 Å². The third kappa shape index (κ3) is 3.68. The maximum atomic E-state index is 12.2. The Kier molecular flexibility index (Phi) is 4.92. The zero-order chi connectivity index (χ0) is 14.5. The molecule has 0 bridgehead atoms. The first-order valence-corrected chi connectivity index (χ1v) is 6.82. The van der Waals surface area contributed by atoms with E-state index in [9.17, 15) is 4.79 Å². The van der Waals surface area contributed by atoms with Gasteiger partial charge in [-0.05, 0) is 17.7 Å². The normalized spacial score (nSPS) is 18.6. The molecule has 1 aromatic carbocycles. The van der Waals surface area contributed by atoms with Gasteiger partial charge in [0.1, 0.15) is 16.8 Å². The fourth-order valence-corrected chi connectivity index (χ4v) is 2.22. The third-order valence-electron chi connectivity index (χ3n) is 3.25. The lowest BCUT2D eigenvalue weighted by molar-refractivity contribution is -0.135. The van der Waals surface area contributed by atoms with Gasteiger partial charge in [0.15, 0.2) is 0 Å². The topological polar surface area (TPSA) is 64.8 Å². The van der Waals surface area contributed by atoms with Gasteiger partial charge in [0, 0.05) is 6.54 Å². The van der Waals surface area contributed by atoms with Gasteiger partial charge in [0.05, 0.1) is 26.7 Å². The van der Waals surface area contributed by atoms with Crippen LogP contribution < -0.4 is 10.5 Å². The third-order valence-corrected chi connectivity index (χ3v) is 3.51. The molecule has 108 valence electrons. The van der Waals surface area contributed by atoms with E-state index in [1.54, 1.807) is 12.0 Å². The molecule has 0 aromatic heterocycles. The average molecular weight is 294 g/mol. The number of ether oxygens (including phenoxy) is 2. The molecule has 2 N–H and O–H groups in total. The highest BCUT2D eigenvalue weighted by Crippen LogP contribution is 2.13. The number of nitrogens with zero attached hydrogens (tertiary/aromatic N) is 1. The van der Waals surface area contributed by atoms with E-state index in [0.717, 1.165) is 11.3 Å². The highest BCUT2D eigenvalue weighted by molar-refractivity contribution is 7.80. The monoisotopic (exact) mass is 294 g/mol. The van der Waals surface area contributed by atoms with Gasteiger partial charge in [-0.3, -0.25) is 4.79 Å². The quantitative estimate of drug-likeness (QED) is 0.830. The summed E-state index contributed by atoms with van der Waals surface area (Å²) >= 11 is 4.91. The minimum Gasteiger partial charge on any atom is -0.497 e. The summed E-state index contributed by atoms with van der Waals surface area (Å²) in [6.45, 7) is 1.48. The summed E-state index contributed by atoms with van der Waals surface area (Å²) in [5.41, 5.74) is 6.52. The molecule has 0 radical (unpaired) electrons. The molecule has 0 spiro atoms. The van der Waals surface area contributed by atoms with Crippen LogP contribution in [0.3, 0.4) is 0 Å². The van der Waals surface area contributed by atoms with Crippen molar-refractivity contribution in [2.24, 2.45) is 5.73 Å². The number of thiocarbonyl (C=S) groups is 1. The maximum Gasteiger partial charge on any atom is 0.227 e. The number of amides is 1. The molecule has 0 aliphatic carbocycles. The lowest BCUT2D eigenvalue weighted by Gasteiger charge is -2.32. The van der Waals surface area contributed by atoms with Crippen LogP contribution in [-0.2, 0) is 16.0 Å². The van der Waals surface area contributed by atoms with Crippen LogP contribution in [0.2, 0.25) is 0 Å². The fraction of sp³-hybridized carbons (Fsp3) is 0.429. The molecule has 1 saturated heterocycles. The smallest absolute Gasteiger partial charge is 0.227 e. The van der Waals surface area contributed by atoms with Gasteiger partial charge in [-0.15, -0.1) is 0 Å². The summed E-state index contributed by atoms with van der Waals surface area (Å²) in [5.74, 6) is 0.834. The molecule has 1 aliphatic rings. The molecule has 1 fully saturated rings. The van der Waals surface area contributed by atoms with Gasteiger partial charge in [-0.1, -0.05) is 24.4 Å². The van der Waals surface area contributed by atoms with Crippen molar-refractivity contribution in [1.82, 2.24) is 4.90 Å². The Morgan fingerprint density at radius 1 is 1.50 bits per heavy atom. The number of hydrogen-bond acceptors (Lipinski definition) is 4. The van der Waals surface area contributed by atoms with Crippen LogP contribution in [-0.4, -0.2) is 48.7 Å². The van der Waals surface area contributed by atoms with Crippen molar-refractivity contribution < 1.29 is 14.3 Å². The second kappa shape index (κ2) is 6.67. The van der Waals surface area contributed by atoms with Gasteiger partial charge in [-0.25, -0.2) is 0 Å². The summed E-state index contributed by atoms with van der Waals surface area (Å²) in [5, 5.41) is 0. The Morgan fingerprint density at radius 3 is 2.80 bits per heavy atom. The van der Waals surface area contributed by atoms with E-state index in [-0.39, 0.29) is 12.0 Å². The Hall–Kier alpha value is -1.66. The molecule has 2 rings (SSSR count). The summed E-state index contributed by atoms with van der Waals surface area (Å²) < 4.78 is 10.5. The van der Waals surface area contributed by atoms with Gasteiger partial charge in [-0.2, -0.15) is 0 Å². The number of carbonyl (C=O) groups excluding carboxylic acids is 1. The first-order chi connectivity index (χ1) is 9.60. The first-order valence-electron chi connectivity index (χ1n) is 6.42. The van der Waals surface area contributed by atoms with E-state index < -0.39 is 0 Å². The number of carbonyl (C=O) groups is 1. The van der Waals surface area contributed by atoms with Crippen LogP contribution in [0.1, 0.15) is 5.56 Å². The number of rotatable bonds is 4. The van der Waals surface area contributed by atoms with E-state index in [0.29, 0.717) is 31.1 Å². The van der Waals surface area contributed by atoms with E-state index in [4.69, 9.17) is 27.4 Å². The molecule has 1 aromatic rings. The molecule has 1 amide bonds. The van der Waals surface area contributed by atoms with Crippen LogP contribution in [0.5, 0.6) is 5.75 Å². The van der Waals surface area contributed by atoms with Crippen LogP contribution in [0, 0.1) is 0 Å². The van der Waals surface area contributed by atoms with Crippen LogP contribution >= 0.6 is 12.2 Å². The Morgan fingerprint density at radius 2 is 2.20 bits per heavy atom. The minimum atomic E-state index is -0.335. The van der Waals surface area contributed by atoms with E-state index in [1.165, 1.54) is 0 Å². The largest absolute Gasteiger partial charge is 0.497 e. The highest BCUT2D eigenvalue weighted by atomic mass is 32.1. The SMILES string of the molecule is COc1ccc(CC(=O)N2CCOC(C(N)=S)C2)cc1. The molecule has 6 heteroatoms. The van der Waals surface area contributed by atoms with Crippen molar-refractivity contribution >= 4 is 23.1 Å². The van der Waals surface area contributed by atoms with Crippen molar-refractivity contribution in [1.29, 1.82) is 0 Å². The summed E-state index contributed by atoms with van der Waals surface area (Å²) in [6, 6.07) is 7.48. The van der Waals surface area contributed by atoms with Gasteiger partial charge < -0.3 is 20.1 Å². The first kappa shape index (κ1) is 14.7. The predicted octanol–water partition coefficient (Wildman–Crippen LogP) is 0.751. The lowest BCUT2D eigenvalue weighted by atomic mass is 10.1. The number of benzene rings is 1. The van der Waals surface area contributed by atoms with Gasteiger partial charge in [0.25, 0.3) is 0 Å². The minimum absolute atomic E-state index is 0.0553. The predicted molar refractivity (Wildman–Crippen MR) is 79.8 cm³/mol. The van der Waals surface area contributed by atoms with E-state index in [2.05, 4.69) is 0 Å². The summed E-state index contributed by atoms with van der Waals surface area (Å²) in [4.78, 5) is 14.3. The van der Waals surface area contributed by atoms with Crippen molar-refractivity contribution in [2.45, 2.75) is 12.5 Å². The van der Waals surface area contributed by atoms with Crippen molar-refractivity contribution in [3.05, 3.63) is 29.8 Å². The zero-order valence-corrected chi connectivity index (χ0v) is 12.2. The highest BCUT2D eigenvalue weighted by Gasteiger charge is 2.25. The van der Waals surface area contributed by atoms with Crippen molar-refractivity contribution in [2.75, 3.05) is 26.8 Å². The van der Waals surface area contributed by atoms with E-state index in [1.807, 2.05) is 24.3 Å².